The lowest BCUT2D eigenvalue weighted by Crippen LogP contribution is -2.31. The van der Waals surface area contributed by atoms with Crippen molar-refractivity contribution in [3.8, 4) is 6.07 Å². The van der Waals surface area contributed by atoms with E-state index in [4.69, 9.17) is 5.26 Å². The van der Waals surface area contributed by atoms with Crippen LogP contribution in [-0.4, -0.2) is 23.5 Å². The van der Waals surface area contributed by atoms with Crippen LogP contribution >= 0.6 is 0 Å². The summed E-state index contributed by atoms with van der Waals surface area (Å²) in [6.45, 7) is 6.18. The normalized spacial score (nSPS) is 9.94. The maximum absolute atomic E-state index is 11.4. The molecule has 0 saturated carbocycles. The van der Waals surface area contributed by atoms with E-state index in [9.17, 15) is 4.79 Å². The van der Waals surface area contributed by atoms with E-state index in [-0.39, 0.29) is 11.9 Å². The fourth-order valence-corrected chi connectivity index (χ4v) is 1.52. The van der Waals surface area contributed by atoms with Gasteiger partial charge in [0.1, 0.15) is 5.82 Å². The van der Waals surface area contributed by atoms with Crippen LogP contribution in [0.2, 0.25) is 0 Å². The summed E-state index contributed by atoms with van der Waals surface area (Å²) in [6.07, 6.45) is 0.385. The van der Waals surface area contributed by atoms with Crippen molar-refractivity contribution in [2.75, 3.05) is 11.9 Å². The lowest BCUT2D eigenvalue weighted by atomic mass is 10.2. The Morgan fingerprint density at radius 2 is 2.22 bits per heavy atom. The van der Waals surface area contributed by atoms with Crippen LogP contribution in [0, 0.1) is 18.3 Å². The third kappa shape index (κ3) is 4.83. The third-order valence-corrected chi connectivity index (χ3v) is 2.19. The van der Waals surface area contributed by atoms with Gasteiger partial charge in [-0.25, -0.2) is 4.98 Å². The van der Waals surface area contributed by atoms with E-state index >= 15 is 0 Å². The molecule has 5 heteroatoms. The number of rotatable bonds is 5. The van der Waals surface area contributed by atoms with Gasteiger partial charge in [0.05, 0.1) is 11.6 Å². The molecule has 0 atom stereocenters. The van der Waals surface area contributed by atoms with E-state index < -0.39 is 0 Å². The zero-order valence-electron chi connectivity index (χ0n) is 10.9. The summed E-state index contributed by atoms with van der Waals surface area (Å²) in [5, 5.41) is 14.7. The van der Waals surface area contributed by atoms with Crippen LogP contribution in [0.25, 0.3) is 0 Å². The van der Waals surface area contributed by atoms with Gasteiger partial charge >= 0.3 is 0 Å². The molecule has 1 heterocycles. The topological polar surface area (TPSA) is 77.8 Å². The highest BCUT2D eigenvalue weighted by Crippen LogP contribution is 2.08. The van der Waals surface area contributed by atoms with Crippen molar-refractivity contribution in [3.05, 3.63) is 23.4 Å². The number of aryl methyl sites for hydroxylation is 1. The van der Waals surface area contributed by atoms with Crippen molar-refractivity contribution in [3.63, 3.8) is 0 Å². The van der Waals surface area contributed by atoms with Crippen LogP contribution in [0.1, 0.15) is 31.5 Å². The Labute approximate surface area is 107 Å². The number of nitrogens with zero attached hydrogens (tertiary/aromatic N) is 2. The molecule has 0 unspecified atom stereocenters. The van der Waals surface area contributed by atoms with Gasteiger partial charge in [-0.15, -0.1) is 0 Å². The van der Waals surface area contributed by atoms with E-state index in [1.165, 1.54) is 0 Å². The number of carbonyl (C=O) groups is 1. The fourth-order valence-electron chi connectivity index (χ4n) is 1.52. The Bertz CT molecular complexity index is 463. The Kier molecular flexibility index (Phi) is 5.12. The Morgan fingerprint density at radius 1 is 1.50 bits per heavy atom. The molecule has 18 heavy (non-hydrogen) atoms. The number of nitrogens with one attached hydrogen (secondary N) is 2. The summed E-state index contributed by atoms with van der Waals surface area (Å²) in [5.74, 6) is 0.634. The van der Waals surface area contributed by atoms with Crippen molar-refractivity contribution in [1.29, 1.82) is 5.26 Å². The minimum atomic E-state index is 0.00524. The van der Waals surface area contributed by atoms with Gasteiger partial charge in [-0.2, -0.15) is 5.26 Å². The van der Waals surface area contributed by atoms with Gasteiger partial charge in [-0.05, 0) is 32.9 Å². The van der Waals surface area contributed by atoms with Gasteiger partial charge in [0, 0.05) is 24.7 Å². The molecule has 0 radical (unpaired) electrons. The first-order valence-electron chi connectivity index (χ1n) is 5.93. The first-order valence-corrected chi connectivity index (χ1v) is 5.93. The van der Waals surface area contributed by atoms with E-state index in [2.05, 4.69) is 21.7 Å². The summed E-state index contributed by atoms with van der Waals surface area (Å²) in [4.78, 5) is 15.7. The number of aromatic nitrogens is 1. The summed E-state index contributed by atoms with van der Waals surface area (Å²) in [5.41, 5.74) is 1.35. The quantitative estimate of drug-likeness (QED) is 0.827. The molecule has 0 aliphatic heterocycles. The smallest absolute Gasteiger partial charge is 0.221 e. The minimum absolute atomic E-state index is 0.00524. The molecule has 0 saturated heterocycles. The van der Waals surface area contributed by atoms with Gasteiger partial charge in [0.15, 0.2) is 0 Å². The van der Waals surface area contributed by atoms with Gasteiger partial charge in [-0.1, -0.05) is 0 Å². The van der Waals surface area contributed by atoms with Crippen molar-refractivity contribution in [1.82, 2.24) is 10.3 Å². The third-order valence-electron chi connectivity index (χ3n) is 2.19. The molecule has 0 fully saturated rings. The molecular formula is C13H18N4O. The fraction of sp³-hybridized carbons (Fsp3) is 0.462. The molecule has 2 N–H and O–H groups in total. The molecule has 0 aromatic carbocycles. The molecule has 0 bridgehead atoms. The van der Waals surface area contributed by atoms with Gasteiger partial charge < -0.3 is 10.6 Å². The van der Waals surface area contributed by atoms with Crippen LogP contribution in [0.15, 0.2) is 12.1 Å². The number of hydrogen-bond donors (Lipinski definition) is 2. The molecule has 1 rings (SSSR count). The Balaban J connectivity index is 2.47. The summed E-state index contributed by atoms with van der Waals surface area (Å²) in [7, 11) is 0. The van der Waals surface area contributed by atoms with Crippen LogP contribution in [0.4, 0.5) is 5.82 Å². The number of pyridine rings is 1. The molecule has 1 aromatic rings. The summed E-state index contributed by atoms with van der Waals surface area (Å²) >= 11 is 0. The lowest BCUT2D eigenvalue weighted by Gasteiger charge is -2.09. The van der Waals surface area contributed by atoms with E-state index in [1.807, 2.05) is 20.8 Å². The average molecular weight is 246 g/mol. The van der Waals surface area contributed by atoms with E-state index in [0.717, 1.165) is 5.69 Å². The zero-order chi connectivity index (χ0) is 13.5. The van der Waals surface area contributed by atoms with Crippen molar-refractivity contribution < 1.29 is 4.79 Å². The predicted octanol–water partition coefficient (Wildman–Crippen LogP) is 1.59. The second-order valence-corrected chi connectivity index (χ2v) is 4.39. The van der Waals surface area contributed by atoms with Crippen LogP contribution in [-0.2, 0) is 4.79 Å². The summed E-state index contributed by atoms with van der Waals surface area (Å²) in [6, 6.07) is 5.62. The molecule has 5 nitrogen and oxygen atoms in total. The van der Waals surface area contributed by atoms with Crippen LogP contribution in [0.3, 0.4) is 0 Å². The lowest BCUT2D eigenvalue weighted by molar-refractivity contribution is -0.121. The second kappa shape index (κ2) is 6.60. The second-order valence-electron chi connectivity index (χ2n) is 4.39. The monoisotopic (exact) mass is 246 g/mol. The minimum Gasteiger partial charge on any atom is -0.370 e. The number of carbonyl (C=O) groups excluding carboxylic acids is 1. The van der Waals surface area contributed by atoms with Crippen LogP contribution < -0.4 is 10.6 Å². The number of anilines is 1. The number of hydrogen-bond acceptors (Lipinski definition) is 4. The largest absolute Gasteiger partial charge is 0.370 e. The van der Waals surface area contributed by atoms with E-state index in [0.29, 0.717) is 24.3 Å². The molecule has 0 aliphatic rings. The van der Waals surface area contributed by atoms with E-state index in [1.54, 1.807) is 12.1 Å². The average Bonchev–Trinajstić information content (AvgIpc) is 2.27. The first kappa shape index (κ1) is 14.0. The summed E-state index contributed by atoms with van der Waals surface area (Å²) < 4.78 is 0. The highest BCUT2D eigenvalue weighted by molar-refractivity contribution is 5.76. The molecule has 96 valence electrons. The molecule has 1 amide bonds. The molecular weight excluding hydrogens is 228 g/mol. The van der Waals surface area contributed by atoms with Gasteiger partial charge in [0.25, 0.3) is 0 Å². The first-order chi connectivity index (χ1) is 8.51. The van der Waals surface area contributed by atoms with Crippen molar-refractivity contribution in [2.24, 2.45) is 0 Å². The highest BCUT2D eigenvalue weighted by Gasteiger charge is 2.04. The molecule has 0 spiro atoms. The molecule has 1 aromatic heterocycles. The van der Waals surface area contributed by atoms with Crippen molar-refractivity contribution in [2.45, 2.75) is 33.2 Å². The predicted molar refractivity (Wildman–Crippen MR) is 70.1 cm³/mol. The number of amides is 1. The Hall–Kier alpha value is -2.09. The standard InChI is InChI=1S/C13H18N4O/c1-9(2)16-13(18)4-5-15-12-7-11(8-14)6-10(3)17-12/h6-7,9H,4-5H2,1-3H3,(H,15,17)(H,16,18). The van der Waals surface area contributed by atoms with Gasteiger partial charge in [0.2, 0.25) is 5.91 Å². The number of nitriles is 1. The molecule has 0 aliphatic carbocycles. The highest BCUT2D eigenvalue weighted by atomic mass is 16.1. The van der Waals surface area contributed by atoms with Crippen molar-refractivity contribution >= 4 is 11.7 Å². The maximum atomic E-state index is 11.4. The SMILES string of the molecule is Cc1cc(C#N)cc(NCCC(=O)NC(C)C)n1. The Morgan fingerprint density at radius 3 is 2.83 bits per heavy atom. The van der Waals surface area contributed by atoms with Crippen LogP contribution in [0.5, 0.6) is 0 Å². The maximum Gasteiger partial charge on any atom is 0.221 e. The van der Waals surface area contributed by atoms with Gasteiger partial charge in [-0.3, -0.25) is 4.79 Å². The zero-order valence-corrected chi connectivity index (χ0v) is 10.9.